The lowest BCUT2D eigenvalue weighted by molar-refractivity contribution is -0.138. The molecule has 1 saturated heterocycles. The molecule has 0 atom stereocenters. The van der Waals surface area contributed by atoms with Crippen molar-refractivity contribution in [2.45, 2.75) is 30.3 Å². The first-order valence-corrected chi connectivity index (χ1v) is 11.7. The predicted molar refractivity (Wildman–Crippen MR) is 113 cm³/mol. The standard InChI is InChI=1S/C22H25F3N2O4S/c23-22(24,25)19-8-6-17(7-9-19)4-2-10-26-11-13-27(14-12-26)32(30,31)20-5-1-3-18(15-20)16-21(28)29/h1,3,5-9,15H,2,4,10-14,16H2,(H,28,29). The molecule has 174 valence electrons. The summed E-state index contributed by atoms with van der Waals surface area (Å²) >= 11 is 0. The Balaban J connectivity index is 1.49. The first-order valence-electron chi connectivity index (χ1n) is 10.2. The van der Waals surface area contributed by atoms with E-state index in [1.54, 1.807) is 12.1 Å². The average molecular weight is 471 g/mol. The molecule has 0 radical (unpaired) electrons. The molecule has 32 heavy (non-hydrogen) atoms. The number of piperazine rings is 1. The Morgan fingerprint density at radius 2 is 1.62 bits per heavy atom. The quantitative estimate of drug-likeness (QED) is 0.641. The molecule has 0 amide bonds. The van der Waals surface area contributed by atoms with Gasteiger partial charge in [0.25, 0.3) is 0 Å². The minimum absolute atomic E-state index is 0.0898. The smallest absolute Gasteiger partial charge is 0.416 e. The molecule has 3 rings (SSSR count). The van der Waals surface area contributed by atoms with Gasteiger partial charge in [0.2, 0.25) is 10.0 Å². The lowest BCUT2D eigenvalue weighted by atomic mass is 10.1. The Morgan fingerprint density at radius 1 is 0.969 bits per heavy atom. The number of carboxylic acids is 1. The zero-order chi connectivity index (χ0) is 23.4. The molecule has 1 aliphatic rings. The largest absolute Gasteiger partial charge is 0.481 e. The molecule has 1 heterocycles. The van der Waals surface area contributed by atoms with Gasteiger partial charge in [-0.1, -0.05) is 24.3 Å². The number of sulfonamides is 1. The highest BCUT2D eigenvalue weighted by molar-refractivity contribution is 7.89. The number of halogens is 3. The molecule has 1 N–H and O–H groups in total. The zero-order valence-corrected chi connectivity index (χ0v) is 18.2. The number of carbonyl (C=O) groups is 1. The van der Waals surface area contributed by atoms with Crippen molar-refractivity contribution in [2.75, 3.05) is 32.7 Å². The number of carboxylic acid groups (broad SMARTS) is 1. The predicted octanol–water partition coefficient (Wildman–Crippen LogP) is 3.27. The molecule has 0 aliphatic carbocycles. The second-order valence-electron chi connectivity index (χ2n) is 7.76. The Labute approximate surface area is 185 Å². The van der Waals surface area contributed by atoms with E-state index in [-0.39, 0.29) is 11.3 Å². The van der Waals surface area contributed by atoms with Gasteiger partial charge in [-0.25, -0.2) is 8.42 Å². The van der Waals surface area contributed by atoms with Gasteiger partial charge in [-0.2, -0.15) is 17.5 Å². The van der Waals surface area contributed by atoms with Crippen LogP contribution in [0.25, 0.3) is 0 Å². The Morgan fingerprint density at radius 3 is 2.22 bits per heavy atom. The fourth-order valence-corrected chi connectivity index (χ4v) is 5.19. The van der Waals surface area contributed by atoms with E-state index in [1.807, 2.05) is 0 Å². The normalized spacial score (nSPS) is 16.2. The van der Waals surface area contributed by atoms with Gasteiger partial charge in [0.1, 0.15) is 0 Å². The van der Waals surface area contributed by atoms with Crippen LogP contribution in [0, 0.1) is 0 Å². The van der Waals surface area contributed by atoms with Crippen molar-refractivity contribution in [1.82, 2.24) is 9.21 Å². The summed E-state index contributed by atoms with van der Waals surface area (Å²) in [5, 5.41) is 8.92. The SMILES string of the molecule is O=C(O)Cc1cccc(S(=O)(=O)N2CCN(CCCc3ccc(C(F)(F)F)cc3)CC2)c1. The molecule has 2 aromatic rings. The summed E-state index contributed by atoms with van der Waals surface area (Å²) in [7, 11) is -3.70. The fourth-order valence-electron chi connectivity index (χ4n) is 3.70. The summed E-state index contributed by atoms with van der Waals surface area (Å²) in [5.74, 6) is -1.02. The Hall–Kier alpha value is -2.43. The third-order valence-electron chi connectivity index (χ3n) is 5.44. The van der Waals surface area contributed by atoms with Crippen molar-refractivity contribution in [1.29, 1.82) is 0 Å². The van der Waals surface area contributed by atoms with Crippen LogP contribution in [0.3, 0.4) is 0 Å². The molecule has 2 aromatic carbocycles. The maximum atomic E-state index is 12.9. The maximum Gasteiger partial charge on any atom is 0.416 e. The molecule has 1 aliphatic heterocycles. The molecular weight excluding hydrogens is 445 g/mol. The summed E-state index contributed by atoms with van der Waals surface area (Å²) in [6.45, 7) is 2.49. The van der Waals surface area contributed by atoms with Gasteiger partial charge in [-0.15, -0.1) is 0 Å². The van der Waals surface area contributed by atoms with E-state index >= 15 is 0 Å². The fraction of sp³-hybridized carbons (Fsp3) is 0.409. The van der Waals surface area contributed by atoms with Crippen LogP contribution in [0.5, 0.6) is 0 Å². The van der Waals surface area contributed by atoms with E-state index in [0.29, 0.717) is 38.2 Å². The summed E-state index contributed by atoms with van der Waals surface area (Å²) < 4.78 is 65.1. The number of aliphatic carboxylic acids is 1. The number of hydrogen-bond donors (Lipinski definition) is 1. The monoisotopic (exact) mass is 470 g/mol. The second-order valence-corrected chi connectivity index (χ2v) is 9.70. The minimum atomic E-state index is -4.34. The van der Waals surface area contributed by atoms with Gasteiger partial charge in [0, 0.05) is 26.2 Å². The van der Waals surface area contributed by atoms with Crippen LogP contribution in [0.4, 0.5) is 13.2 Å². The first kappa shape index (κ1) is 24.2. The van der Waals surface area contributed by atoms with E-state index in [1.165, 1.54) is 28.6 Å². The van der Waals surface area contributed by atoms with Gasteiger partial charge < -0.3 is 10.0 Å². The Bertz CT molecular complexity index is 1030. The summed E-state index contributed by atoms with van der Waals surface area (Å²) in [6.07, 6.45) is -3.17. The lowest BCUT2D eigenvalue weighted by Gasteiger charge is -2.34. The van der Waals surface area contributed by atoms with E-state index < -0.39 is 27.7 Å². The molecule has 0 unspecified atom stereocenters. The highest BCUT2D eigenvalue weighted by atomic mass is 32.2. The van der Waals surface area contributed by atoms with Crippen LogP contribution >= 0.6 is 0 Å². The van der Waals surface area contributed by atoms with Crippen molar-refractivity contribution in [2.24, 2.45) is 0 Å². The third-order valence-corrected chi connectivity index (χ3v) is 7.34. The van der Waals surface area contributed by atoms with E-state index in [0.717, 1.165) is 30.7 Å². The average Bonchev–Trinajstić information content (AvgIpc) is 2.74. The number of benzene rings is 2. The van der Waals surface area contributed by atoms with Crippen molar-refractivity contribution in [3.63, 3.8) is 0 Å². The van der Waals surface area contributed by atoms with Crippen molar-refractivity contribution in [3.8, 4) is 0 Å². The number of aryl methyl sites for hydroxylation is 1. The van der Waals surface area contributed by atoms with Gasteiger partial charge in [-0.05, 0) is 54.8 Å². The topological polar surface area (TPSA) is 77.9 Å². The lowest BCUT2D eigenvalue weighted by Crippen LogP contribution is -2.48. The van der Waals surface area contributed by atoms with Crippen LogP contribution in [0.2, 0.25) is 0 Å². The van der Waals surface area contributed by atoms with Gasteiger partial charge in [-0.3, -0.25) is 4.79 Å². The molecule has 0 aromatic heterocycles. The number of nitrogens with zero attached hydrogens (tertiary/aromatic N) is 2. The molecule has 10 heteroatoms. The molecule has 0 saturated carbocycles. The highest BCUT2D eigenvalue weighted by Gasteiger charge is 2.30. The van der Waals surface area contributed by atoms with E-state index in [9.17, 15) is 26.4 Å². The summed E-state index contributed by atoms with van der Waals surface area (Å²) in [6, 6.07) is 11.2. The van der Waals surface area contributed by atoms with Crippen molar-refractivity contribution < 1.29 is 31.5 Å². The van der Waals surface area contributed by atoms with Crippen LogP contribution in [-0.2, 0) is 33.8 Å². The highest BCUT2D eigenvalue weighted by Crippen LogP contribution is 2.29. The zero-order valence-electron chi connectivity index (χ0n) is 17.4. The van der Waals surface area contributed by atoms with E-state index in [4.69, 9.17) is 5.11 Å². The van der Waals surface area contributed by atoms with Crippen LogP contribution in [0.1, 0.15) is 23.1 Å². The molecule has 0 spiro atoms. The number of hydrogen-bond acceptors (Lipinski definition) is 4. The minimum Gasteiger partial charge on any atom is -0.481 e. The van der Waals surface area contributed by atoms with E-state index in [2.05, 4.69) is 4.90 Å². The first-order chi connectivity index (χ1) is 15.1. The molecule has 1 fully saturated rings. The van der Waals surface area contributed by atoms with Crippen molar-refractivity contribution >= 4 is 16.0 Å². The van der Waals surface area contributed by atoms with Crippen LogP contribution < -0.4 is 0 Å². The van der Waals surface area contributed by atoms with Crippen LogP contribution in [0.15, 0.2) is 53.4 Å². The summed E-state index contributed by atoms with van der Waals surface area (Å²) in [5.41, 5.74) is 0.605. The Kier molecular flexibility index (Phi) is 7.58. The van der Waals surface area contributed by atoms with Crippen molar-refractivity contribution in [3.05, 3.63) is 65.2 Å². The molecule has 6 nitrogen and oxygen atoms in total. The third kappa shape index (κ3) is 6.30. The maximum absolute atomic E-state index is 12.9. The van der Waals surface area contributed by atoms with Gasteiger partial charge in [0.05, 0.1) is 16.9 Å². The summed E-state index contributed by atoms with van der Waals surface area (Å²) in [4.78, 5) is 13.1. The van der Waals surface area contributed by atoms with Crippen LogP contribution in [-0.4, -0.2) is 61.4 Å². The molecule has 0 bridgehead atoms. The second kappa shape index (κ2) is 10.0. The number of alkyl halides is 3. The number of rotatable bonds is 8. The van der Waals surface area contributed by atoms with Gasteiger partial charge in [0.15, 0.2) is 0 Å². The molecular formula is C22H25F3N2O4S. The van der Waals surface area contributed by atoms with Gasteiger partial charge >= 0.3 is 12.1 Å².